The van der Waals surface area contributed by atoms with Crippen LogP contribution in [0.5, 0.6) is 0 Å². The summed E-state index contributed by atoms with van der Waals surface area (Å²) < 4.78 is 10.2. The quantitative estimate of drug-likeness (QED) is 0.505. The van der Waals surface area contributed by atoms with Gasteiger partial charge in [-0.2, -0.15) is 0 Å². The highest BCUT2D eigenvalue weighted by atomic mass is 16.5. The molecule has 1 N–H and O–H groups in total. The fraction of sp³-hybridized carbons (Fsp3) is 0.800. The molecule has 0 saturated carbocycles. The second-order valence-electron chi connectivity index (χ2n) is 3.55. The third-order valence-electron chi connectivity index (χ3n) is 1.72. The fourth-order valence-corrected chi connectivity index (χ4v) is 1.20. The first-order valence-corrected chi connectivity index (χ1v) is 4.49. The number of methoxy groups -OCH3 is 2. The number of nitrogens with one attached hydrogen (secondary N) is 1. The van der Waals surface area contributed by atoms with Crippen LogP contribution in [0.4, 0.5) is 0 Å². The van der Waals surface area contributed by atoms with Crippen molar-refractivity contribution >= 4 is 0 Å². The molecule has 0 aromatic carbocycles. The van der Waals surface area contributed by atoms with Crippen molar-refractivity contribution in [2.45, 2.75) is 32.5 Å². The molecule has 3 nitrogen and oxygen atoms in total. The van der Waals surface area contributed by atoms with Crippen molar-refractivity contribution in [3.63, 3.8) is 0 Å². The first-order chi connectivity index (χ1) is 6.05. The van der Waals surface area contributed by atoms with Crippen LogP contribution in [0, 0.1) is 0 Å². The molecule has 3 heteroatoms. The molecule has 0 aromatic rings. The standard InChI is InChI=1S/C10H21NO2/c1-6-7-10(2,3)11-9(13-5)8-12-4/h6-7,9,11H,8H2,1-5H3/b7-6-. The Morgan fingerprint density at radius 2 is 2.00 bits per heavy atom. The van der Waals surface area contributed by atoms with Crippen molar-refractivity contribution in [2.24, 2.45) is 0 Å². The smallest absolute Gasteiger partial charge is 0.131 e. The van der Waals surface area contributed by atoms with E-state index in [1.807, 2.05) is 13.0 Å². The van der Waals surface area contributed by atoms with E-state index in [-0.39, 0.29) is 11.8 Å². The lowest BCUT2D eigenvalue weighted by molar-refractivity contribution is -0.00396. The second kappa shape index (κ2) is 6.13. The van der Waals surface area contributed by atoms with Crippen LogP contribution in [0.15, 0.2) is 12.2 Å². The number of hydrogen-bond acceptors (Lipinski definition) is 3. The molecule has 0 aliphatic carbocycles. The van der Waals surface area contributed by atoms with E-state index >= 15 is 0 Å². The summed E-state index contributed by atoms with van der Waals surface area (Å²) in [5, 5.41) is 3.31. The van der Waals surface area contributed by atoms with Gasteiger partial charge in [0, 0.05) is 19.8 Å². The number of rotatable bonds is 6. The van der Waals surface area contributed by atoms with E-state index in [1.54, 1.807) is 14.2 Å². The summed E-state index contributed by atoms with van der Waals surface area (Å²) in [5.41, 5.74) is -0.0616. The highest BCUT2D eigenvalue weighted by molar-refractivity contribution is 5.00. The molecule has 0 aliphatic rings. The fourth-order valence-electron chi connectivity index (χ4n) is 1.20. The van der Waals surface area contributed by atoms with Crippen LogP contribution in [0.2, 0.25) is 0 Å². The first-order valence-electron chi connectivity index (χ1n) is 4.49. The van der Waals surface area contributed by atoms with Crippen LogP contribution < -0.4 is 5.32 Å². The van der Waals surface area contributed by atoms with Crippen LogP contribution in [0.1, 0.15) is 20.8 Å². The highest BCUT2D eigenvalue weighted by Crippen LogP contribution is 2.06. The van der Waals surface area contributed by atoms with Gasteiger partial charge < -0.3 is 9.47 Å². The van der Waals surface area contributed by atoms with Crippen molar-refractivity contribution in [2.75, 3.05) is 20.8 Å². The topological polar surface area (TPSA) is 30.5 Å². The van der Waals surface area contributed by atoms with Gasteiger partial charge in [-0.15, -0.1) is 0 Å². The zero-order valence-corrected chi connectivity index (χ0v) is 9.26. The van der Waals surface area contributed by atoms with E-state index in [0.29, 0.717) is 6.61 Å². The molecular formula is C10H21NO2. The van der Waals surface area contributed by atoms with Crippen LogP contribution in [-0.4, -0.2) is 32.6 Å². The van der Waals surface area contributed by atoms with Gasteiger partial charge >= 0.3 is 0 Å². The molecule has 0 heterocycles. The van der Waals surface area contributed by atoms with E-state index in [9.17, 15) is 0 Å². The maximum absolute atomic E-state index is 5.20. The minimum absolute atomic E-state index is 0.0591. The van der Waals surface area contributed by atoms with Crippen LogP contribution in [-0.2, 0) is 9.47 Å². The van der Waals surface area contributed by atoms with Gasteiger partial charge in [0.2, 0.25) is 0 Å². The Morgan fingerprint density at radius 3 is 2.38 bits per heavy atom. The summed E-state index contributed by atoms with van der Waals surface area (Å²) >= 11 is 0. The van der Waals surface area contributed by atoms with E-state index in [0.717, 1.165) is 0 Å². The van der Waals surface area contributed by atoms with E-state index in [4.69, 9.17) is 9.47 Å². The molecule has 0 radical (unpaired) electrons. The molecule has 0 spiro atoms. The van der Waals surface area contributed by atoms with Crippen molar-refractivity contribution in [1.29, 1.82) is 0 Å². The minimum atomic E-state index is -0.0616. The molecule has 0 aromatic heterocycles. The highest BCUT2D eigenvalue weighted by Gasteiger charge is 2.18. The molecule has 0 rings (SSSR count). The van der Waals surface area contributed by atoms with Crippen LogP contribution in [0.25, 0.3) is 0 Å². The Hall–Kier alpha value is -0.380. The summed E-state index contributed by atoms with van der Waals surface area (Å²) in [6, 6.07) is 0. The third kappa shape index (κ3) is 5.80. The summed E-state index contributed by atoms with van der Waals surface area (Å²) in [5.74, 6) is 0. The Morgan fingerprint density at radius 1 is 1.38 bits per heavy atom. The Labute approximate surface area is 81.1 Å². The molecule has 0 saturated heterocycles. The van der Waals surface area contributed by atoms with Gasteiger partial charge in [-0.3, -0.25) is 5.32 Å². The van der Waals surface area contributed by atoms with Crippen molar-refractivity contribution in [1.82, 2.24) is 5.32 Å². The third-order valence-corrected chi connectivity index (χ3v) is 1.72. The molecule has 0 amide bonds. The van der Waals surface area contributed by atoms with Crippen molar-refractivity contribution in [3.05, 3.63) is 12.2 Å². The molecule has 0 bridgehead atoms. The molecule has 1 atom stereocenters. The zero-order valence-electron chi connectivity index (χ0n) is 9.26. The Balaban J connectivity index is 4.04. The normalized spacial score (nSPS) is 15.2. The average molecular weight is 187 g/mol. The summed E-state index contributed by atoms with van der Waals surface area (Å²) in [6.45, 7) is 6.74. The maximum atomic E-state index is 5.20. The average Bonchev–Trinajstić information content (AvgIpc) is 2.03. The summed E-state index contributed by atoms with van der Waals surface area (Å²) in [7, 11) is 3.33. The van der Waals surface area contributed by atoms with Crippen molar-refractivity contribution < 1.29 is 9.47 Å². The monoisotopic (exact) mass is 187 g/mol. The zero-order chi connectivity index (χ0) is 10.3. The Kier molecular flexibility index (Phi) is 5.95. The molecular weight excluding hydrogens is 166 g/mol. The predicted molar refractivity (Wildman–Crippen MR) is 54.7 cm³/mol. The predicted octanol–water partition coefficient (Wildman–Crippen LogP) is 1.55. The molecule has 78 valence electrons. The van der Waals surface area contributed by atoms with Crippen LogP contribution in [0.3, 0.4) is 0 Å². The number of hydrogen-bond donors (Lipinski definition) is 1. The molecule has 13 heavy (non-hydrogen) atoms. The van der Waals surface area contributed by atoms with E-state index in [2.05, 4.69) is 25.2 Å². The lowest BCUT2D eigenvalue weighted by atomic mass is 10.1. The first kappa shape index (κ1) is 12.6. The van der Waals surface area contributed by atoms with Crippen molar-refractivity contribution in [3.8, 4) is 0 Å². The van der Waals surface area contributed by atoms with Gasteiger partial charge in [0.1, 0.15) is 6.23 Å². The van der Waals surface area contributed by atoms with Gasteiger partial charge in [0.25, 0.3) is 0 Å². The lowest BCUT2D eigenvalue weighted by Gasteiger charge is -2.28. The Bertz CT molecular complexity index is 155. The lowest BCUT2D eigenvalue weighted by Crippen LogP contribution is -2.47. The van der Waals surface area contributed by atoms with Gasteiger partial charge in [0.05, 0.1) is 6.61 Å². The van der Waals surface area contributed by atoms with E-state index in [1.165, 1.54) is 0 Å². The minimum Gasteiger partial charge on any atom is -0.381 e. The number of ether oxygens (including phenoxy) is 2. The van der Waals surface area contributed by atoms with E-state index < -0.39 is 0 Å². The molecule has 0 aliphatic heterocycles. The summed E-state index contributed by atoms with van der Waals surface area (Å²) in [4.78, 5) is 0. The summed E-state index contributed by atoms with van der Waals surface area (Å²) in [6.07, 6.45) is 4.05. The van der Waals surface area contributed by atoms with Crippen LogP contribution >= 0.6 is 0 Å². The molecule has 1 unspecified atom stereocenters. The maximum Gasteiger partial charge on any atom is 0.131 e. The van der Waals surface area contributed by atoms with Gasteiger partial charge in [0.15, 0.2) is 0 Å². The van der Waals surface area contributed by atoms with Gasteiger partial charge in [-0.05, 0) is 20.8 Å². The number of allylic oxidation sites excluding steroid dienone is 1. The largest absolute Gasteiger partial charge is 0.381 e. The second-order valence-corrected chi connectivity index (χ2v) is 3.55. The van der Waals surface area contributed by atoms with Gasteiger partial charge in [-0.25, -0.2) is 0 Å². The molecule has 0 fully saturated rings. The van der Waals surface area contributed by atoms with Gasteiger partial charge in [-0.1, -0.05) is 12.2 Å². The SMILES string of the molecule is C/C=C\C(C)(C)NC(COC)OC.